The van der Waals surface area contributed by atoms with E-state index in [1.807, 2.05) is 19.2 Å². The quantitative estimate of drug-likeness (QED) is 0.765. The first-order valence-electron chi connectivity index (χ1n) is 6.77. The van der Waals surface area contributed by atoms with Crippen molar-refractivity contribution in [2.75, 3.05) is 24.2 Å². The van der Waals surface area contributed by atoms with Crippen molar-refractivity contribution >= 4 is 11.5 Å². The Bertz CT molecular complexity index is 395. The van der Waals surface area contributed by atoms with Gasteiger partial charge in [-0.3, -0.25) is 0 Å². The predicted octanol–water partition coefficient (Wildman–Crippen LogP) is 2.18. The van der Waals surface area contributed by atoms with Crippen molar-refractivity contribution in [1.29, 1.82) is 0 Å². The van der Waals surface area contributed by atoms with E-state index in [0.29, 0.717) is 24.1 Å². The minimum absolute atomic E-state index is 0.295. The summed E-state index contributed by atoms with van der Waals surface area (Å²) in [5, 5.41) is 12.7. The summed E-state index contributed by atoms with van der Waals surface area (Å²) in [7, 11) is 0. The van der Waals surface area contributed by atoms with Crippen LogP contribution in [0.1, 0.15) is 31.2 Å². The topological polar surface area (TPSA) is 71.2 Å². The molecule has 1 heterocycles. The fourth-order valence-corrected chi connectivity index (χ4v) is 2.76. The zero-order chi connectivity index (χ0) is 13.0. The van der Waals surface area contributed by atoms with E-state index in [1.165, 1.54) is 19.3 Å². The van der Waals surface area contributed by atoms with Crippen LogP contribution in [0.5, 0.6) is 0 Å². The molecule has 0 spiro atoms. The molecule has 1 aromatic rings. The molecule has 1 aliphatic carbocycles. The molecule has 0 amide bonds. The van der Waals surface area contributed by atoms with E-state index in [2.05, 4.69) is 10.3 Å². The lowest BCUT2D eigenvalue weighted by Crippen LogP contribution is -2.29. The number of nitrogens with one attached hydrogen (secondary N) is 1. The number of aliphatic hydroxyl groups excluding tert-OH is 1. The minimum Gasteiger partial charge on any atom is -0.396 e. The number of nitrogens with zero attached hydrogens (tertiary/aromatic N) is 1. The molecule has 1 aliphatic rings. The lowest BCUT2D eigenvalue weighted by Gasteiger charge is -2.30. The van der Waals surface area contributed by atoms with Crippen molar-refractivity contribution < 1.29 is 5.11 Å². The van der Waals surface area contributed by atoms with E-state index in [9.17, 15) is 5.11 Å². The molecule has 0 aromatic carbocycles. The van der Waals surface area contributed by atoms with Gasteiger partial charge in [0.05, 0.1) is 5.69 Å². The molecule has 2 rings (SSSR count). The second-order valence-corrected chi connectivity index (χ2v) is 5.32. The summed E-state index contributed by atoms with van der Waals surface area (Å²) in [4.78, 5) is 4.31. The second kappa shape index (κ2) is 6.05. The molecule has 1 aromatic heterocycles. The maximum Gasteiger partial charge on any atom is 0.149 e. The number of rotatable bonds is 4. The van der Waals surface area contributed by atoms with Gasteiger partial charge in [0.15, 0.2) is 0 Å². The van der Waals surface area contributed by atoms with Crippen LogP contribution in [0.15, 0.2) is 12.3 Å². The molecular formula is C14H23N3O. The van der Waals surface area contributed by atoms with Crippen LogP contribution in [0.3, 0.4) is 0 Å². The van der Waals surface area contributed by atoms with Gasteiger partial charge in [0.25, 0.3) is 0 Å². The van der Waals surface area contributed by atoms with Gasteiger partial charge >= 0.3 is 0 Å². The number of hydrogen-bond donors (Lipinski definition) is 3. The van der Waals surface area contributed by atoms with Crippen molar-refractivity contribution in [3.05, 3.63) is 17.8 Å². The first-order valence-corrected chi connectivity index (χ1v) is 6.77. The number of nitrogens with two attached hydrogens (primary N) is 1. The Hall–Kier alpha value is -1.29. The van der Waals surface area contributed by atoms with E-state index in [-0.39, 0.29) is 0 Å². The van der Waals surface area contributed by atoms with E-state index in [4.69, 9.17) is 5.73 Å². The summed E-state index contributed by atoms with van der Waals surface area (Å²) in [6.45, 7) is 3.13. The van der Waals surface area contributed by atoms with Crippen LogP contribution in [0, 0.1) is 18.8 Å². The smallest absolute Gasteiger partial charge is 0.149 e. The first kappa shape index (κ1) is 13.1. The van der Waals surface area contributed by atoms with Crippen LogP contribution >= 0.6 is 0 Å². The molecule has 4 heteroatoms. The number of aryl methyl sites for hydroxylation is 1. The van der Waals surface area contributed by atoms with Crippen LogP contribution in [-0.4, -0.2) is 23.2 Å². The summed E-state index contributed by atoms with van der Waals surface area (Å²) in [6, 6.07) is 1.93. The van der Waals surface area contributed by atoms with Crippen molar-refractivity contribution in [2.45, 2.75) is 32.6 Å². The molecule has 4 nitrogen and oxygen atoms in total. The van der Waals surface area contributed by atoms with E-state index < -0.39 is 0 Å². The van der Waals surface area contributed by atoms with Gasteiger partial charge in [0.2, 0.25) is 0 Å². The maximum absolute atomic E-state index is 9.38. The highest BCUT2D eigenvalue weighted by molar-refractivity contribution is 5.61. The molecule has 100 valence electrons. The van der Waals surface area contributed by atoms with Crippen LogP contribution in [0.4, 0.5) is 11.5 Å². The summed E-state index contributed by atoms with van der Waals surface area (Å²) in [5.41, 5.74) is 7.70. The third kappa shape index (κ3) is 3.13. The van der Waals surface area contributed by atoms with Gasteiger partial charge in [0, 0.05) is 19.3 Å². The normalized spacial score (nSPS) is 23.9. The summed E-state index contributed by atoms with van der Waals surface area (Å²) in [5.74, 6) is 1.73. The largest absolute Gasteiger partial charge is 0.396 e. The number of hydrogen-bond acceptors (Lipinski definition) is 4. The average molecular weight is 249 g/mol. The minimum atomic E-state index is 0.295. The van der Waals surface area contributed by atoms with Gasteiger partial charge in [0.1, 0.15) is 5.82 Å². The zero-order valence-electron chi connectivity index (χ0n) is 11.0. The van der Waals surface area contributed by atoms with Gasteiger partial charge in [-0.15, -0.1) is 0 Å². The maximum atomic E-state index is 9.38. The lowest BCUT2D eigenvalue weighted by atomic mass is 9.79. The highest BCUT2D eigenvalue weighted by Crippen LogP contribution is 2.30. The highest BCUT2D eigenvalue weighted by atomic mass is 16.3. The van der Waals surface area contributed by atoms with E-state index in [0.717, 1.165) is 24.3 Å². The third-order valence-corrected chi connectivity index (χ3v) is 3.89. The Morgan fingerprint density at radius 3 is 2.78 bits per heavy atom. The number of nitrogen functional groups attached to an aromatic ring is 1. The molecule has 1 fully saturated rings. The lowest BCUT2D eigenvalue weighted by molar-refractivity contribution is 0.141. The molecule has 2 unspecified atom stereocenters. The van der Waals surface area contributed by atoms with Gasteiger partial charge < -0.3 is 16.2 Å². The molecule has 0 bridgehead atoms. The fraction of sp³-hybridized carbons (Fsp3) is 0.643. The average Bonchev–Trinajstić information content (AvgIpc) is 2.38. The van der Waals surface area contributed by atoms with Crippen LogP contribution in [-0.2, 0) is 0 Å². The van der Waals surface area contributed by atoms with Crippen molar-refractivity contribution in [3.63, 3.8) is 0 Å². The van der Waals surface area contributed by atoms with Crippen LogP contribution in [0.25, 0.3) is 0 Å². The second-order valence-electron chi connectivity index (χ2n) is 5.32. The van der Waals surface area contributed by atoms with Crippen molar-refractivity contribution in [3.8, 4) is 0 Å². The van der Waals surface area contributed by atoms with E-state index >= 15 is 0 Å². The van der Waals surface area contributed by atoms with Gasteiger partial charge in [-0.05, 0) is 43.2 Å². The summed E-state index contributed by atoms with van der Waals surface area (Å²) in [6.07, 6.45) is 6.65. The Balaban J connectivity index is 1.93. The number of anilines is 2. The molecule has 0 aliphatic heterocycles. The predicted molar refractivity (Wildman–Crippen MR) is 74.4 cm³/mol. The molecule has 18 heavy (non-hydrogen) atoms. The third-order valence-electron chi connectivity index (χ3n) is 3.89. The van der Waals surface area contributed by atoms with Gasteiger partial charge in [-0.2, -0.15) is 0 Å². The Morgan fingerprint density at radius 1 is 1.39 bits per heavy atom. The number of aromatic nitrogens is 1. The summed E-state index contributed by atoms with van der Waals surface area (Å²) < 4.78 is 0. The Kier molecular flexibility index (Phi) is 4.42. The molecule has 0 saturated heterocycles. The zero-order valence-corrected chi connectivity index (χ0v) is 11.0. The van der Waals surface area contributed by atoms with E-state index in [1.54, 1.807) is 0 Å². The van der Waals surface area contributed by atoms with Crippen molar-refractivity contribution in [1.82, 2.24) is 4.98 Å². The molecular weight excluding hydrogens is 226 g/mol. The SMILES string of the molecule is Cc1cnc(NCC2CCCCC2CO)c(N)c1. The van der Waals surface area contributed by atoms with Crippen LogP contribution in [0.2, 0.25) is 0 Å². The summed E-state index contributed by atoms with van der Waals surface area (Å²) >= 11 is 0. The molecule has 2 atom stereocenters. The Morgan fingerprint density at radius 2 is 2.11 bits per heavy atom. The van der Waals surface area contributed by atoms with Crippen molar-refractivity contribution in [2.24, 2.45) is 11.8 Å². The first-order chi connectivity index (χ1) is 8.70. The van der Waals surface area contributed by atoms with Gasteiger partial charge in [-0.25, -0.2) is 4.98 Å². The molecule has 4 N–H and O–H groups in total. The van der Waals surface area contributed by atoms with Crippen LogP contribution < -0.4 is 11.1 Å². The number of pyridine rings is 1. The molecule has 0 radical (unpaired) electrons. The molecule has 1 saturated carbocycles. The van der Waals surface area contributed by atoms with Gasteiger partial charge in [-0.1, -0.05) is 12.8 Å². The number of aliphatic hydroxyl groups is 1. The standard InChI is InChI=1S/C14H23N3O/c1-10-6-13(15)14(16-7-10)17-8-11-4-2-3-5-12(11)9-18/h6-7,11-12,18H,2-5,8-9,15H2,1H3,(H,16,17). The highest BCUT2D eigenvalue weighted by Gasteiger charge is 2.24. The fourth-order valence-electron chi connectivity index (χ4n) is 2.76. The monoisotopic (exact) mass is 249 g/mol. The Labute approximate surface area is 109 Å².